The number of ether oxygens (including phenoxy) is 2. The fraction of sp³-hybridized carbons (Fsp3) is 0.111. The van der Waals surface area contributed by atoms with E-state index in [4.69, 9.17) is 9.47 Å². The van der Waals surface area contributed by atoms with Gasteiger partial charge in [0.2, 0.25) is 0 Å². The molecule has 24 heavy (non-hydrogen) atoms. The summed E-state index contributed by atoms with van der Waals surface area (Å²) in [5.74, 6) is 1.22. The van der Waals surface area contributed by atoms with Crippen LogP contribution in [0.3, 0.4) is 0 Å². The molecule has 0 radical (unpaired) electrons. The van der Waals surface area contributed by atoms with Crippen molar-refractivity contribution in [3.63, 3.8) is 0 Å². The largest absolute Gasteiger partial charge is 0.486 e. The number of aliphatic imine (C=N–C) groups is 1. The Balaban J connectivity index is 1.62. The Kier molecular flexibility index (Phi) is 3.96. The zero-order chi connectivity index (χ0) is 16.4. The van der Waals surface area contributed by atoms with Crippen LogP contribution in [0.25, 0.3) is 6.08 Å². The predicted molar refractivity (Wildman–Crippen MR) is 94.7 cm³/mol. The zero-order valence-corrected chi connectivity index (χ0v) is 13.5. The van der Waals surface area contributed by atoms with Crippen LogP contribution < -0.4 is 14.8 Å². The van der Waals surface area contributed by atoms with Crippen LogP contribution in [-0.2, 0) is 4.79 Å². The number of para-hydroxylation sites is 2. The number of nitrogens with one attached hydrogen (secondary N) is 1. The number of fused-ring (bicyclic) bond motifs is 1. The first kappa shape index (κ1) is 14.8. The van der Waals surface area contributed by atoms with Gasteiger partial charge < -0.3 is 14.8 Å². The highest BCUT2D eigenvalue weighted by molar-refractivity contribution is 8.18. The minimum Gasteiger partial charge on any atom is -0.486 e. The highest BCUT2D eigenvalue weighted by Crippen LogP contribution is 2.37. The number of hydrogen-bond donors (Lipinski definition) is 1. The molecule has 2 aliphatic rings. The molecule has 2 heterocycles. The molecule has 5 nitrogen and oxygen atoms in total. The number of hydrogen-bond acceptors (Lipinski definition) is 5. The van der Waals surface area contributed by atoms with Crippen molar-refractivity contribution in [2.24, 2.45) is 4.99 Å². The van der Waals surface area contributed by atoms with Crippen LogP contribution in [0.5, 0.6) is 11.5 Å². The van der Waals surface area contributed by atoms with E-state index < -0.39 is 0 Å². The molecule has 0 aromatic heterocycles. The molecule has 0 aliphatic carbocycles. The van der Waals surface area contributed by atoms with Gasteiger partial charge in [-0.25, -0.2) is 4.99 Å². The van der Waals surface area contributed by atoms with Crippen LogP contribution in [0, 0.1) is 0 Å². The van der Waals surface area contributed by atoms with Crippen LogP contribution >= 0.6 is 11.8 Å². The number of amidine groups is 1. The summed E-state index contributed by atoms with van der Waals surface area (Å²) in [6, 6.07) is 15.2. The molecule has 0 atom stereocenters. The number of rotatable bonds is 2. The van der Waals surface area contributed by atoms with Gasteiger partial charge in [-0.2, -0.15) is 0 Å². The summed E-state index contributed by atoms with van der Waals surface area (Å²) >= 11 is 1.31. The molecule has 0 spiro atoms. The lowest BCUT2D eigenvalue weighted by molar-refractivity contribution is -0.115. The summed E-state index contributed by atoms with van der Waals surface area (Å²) < 4.78 is 11.3. The maximum atomic E-state index is 12.2. The molecule has 1 N–H and O–H groups in total. The number of nitrogens with zero attached hydrogens (tertiary/aromatic N) is 1. The average molecular weight is 338 g/mol. The van der Waals surface area contributed by atoms with E-state index in [0.29, 0.717) is 34.8 Å². The van der Waals surface area contributed by atoms with E-state index in [1.807, 2.05) is 48.5 Å². The molecule has 1 fully saturated rings. The predicted octanol–water partition coefficient (Wildman–Crippen LogP) is 3.35. The van der Waals surface area contributed by atoms with Crippen LogP contribution in [0.15, 0.2) is 58.4 Å². The third-order valence-electron chi connectivity index (χ3n) is 3.52. The number of benzene rings is 2. The van der Waals surface area contributed by atoms with Gasteiger partial charge in [-0.05, 0) is 36.0 Å². The molecule has 0 unspecified atom stereocenters. The van der Waals surface area contributed by atoms with E-state index in [1.165, 1.54) is 11.8 Å². The number of carbonyl (C=O) groups excluding carboxylic acids is 1. The molecular formula is C18H14N2O3S. The quantitative estimate of drug-likeness (QED) is 0.853. The van der Waals surface area contributed by atoms with Crippen LogP contribution in [0.2, 0.25) is 0 Å². The molecule has 2 aromatic rings. The molecule has 0 saturated carbocycles. The lowest BCUT2D eigenvalue weighted by atomic mass is 10.1. The van der Waals surface area contributed by atoms with Crippen LogP contribution in [0.1, 0.15) is 5.56 Å². The second-order valence-electron chi connectivity index (χ2n) is 5.19. The maximum Gasteiger partial charge on any atom is 0.264 e. The SMILES string of the molecule is O=C1NC(=Nc2ccccc2)S/C1=C/c1cccc2c1OCCO2. The molecule has 4 rings (SSSR count). The van der Waals surface area contributed by atoms with Gasteiger partial charge >= 0.3 is 0 Å². The summed E-state index contributed by atoms with van der Waals surface area (Å²) in [6.07, 6.45) is 1.81. The van der Waals surface area contributed by atoms with Crippen molar-refractivity contribution in [2.45, 2.75) is 0 Å². The van der Waals surface area contributed by atoms with Gasteiger partial charge in [0, 0.05) is 5.56 Å². The number of thioether (sulfide) groups is 1. The Labute approximate surface area is 143 Å². The first-order valence-electron chi connectivity index (χ1n) is 7.53. The van der Waals surface area contributed by atoms with Gasteiger partial charge in [-0.1, -0.05) is 30.3 Å². The summed E-state index contributed by atoms with van der Waals surface area (Å²) in [7, 11) is 0. The third-order valence-corrected chi connectivity index (χ3v) is 4.43. The lowest BCUT2D eigenvalue weighted by Crippen LogP contribution is -2.19. The molecule has 2 aromatic carbocycles. The van der Waals surface area contributed by atoms with Crippen LogP contribution in [-0.4, -0.2) is 24.3 Å². The van der Waals surface area contributed by atoms with E-state index in [2.05, 4.69) is 10.3 Å². The summed E-state index contributed by atoms with van der Waals surface area (Å²) in [4.78, 5) is 17.2. The van der Waals surface area contributed by atoms with Crippen molar-refractivity contribution < 1.29 is 14.3 Å². The Morgan fingerprint density at radius 2 is 1.88 bits per heavy atom. The van der Waals surface area contributed by atoms with Crippen molar-refractivity contribution in [3.05, 3.63) is 59.0 Å². The maximum absolute atomic E-state index is 12.2. The van der Waals surface area contributed by atoms with Crippen molar-refractivity contribution in [2.75, 3.05) is 13.2 Å². The molecule has 1 amide bonds. The Hall–Kier alpha value is -2.73. The van der Waals surface area contributed by atoms with Gasteiger partial charge in [0.15, 0.2) is 16.7 Å². The van der Waals surface area contributed by atoms with Gasteiger partial charge in [-0.15, -0.1) is 0 Å². The second kappa shape index (κ2) is 6.41. The van der Waals surface area contributed by atoms with Gasteiger partial charge in [0.1, 0.15) is 13.2 Å². The first-order chi connectivity index (χ1) is 11.8. The summed E-state index contributed by atoms with van der Waals surface area (Å²) in [5, 5.41) is 3.36. The third kappa shape index (κ3) is 3.00. The first-order valence-corrected chi connectivity index (χ1v) is 8.34. The van der Waals surface area contributed by atoms with E-state index in [1.54, 1.807) is 6.08 Å². The topological polar surface area (TPSA) is 59.9 Å². The van der Waals surface area contributed by atoms with Gasteiger partial charge in [0.05, 0.1) is 10.6 Å². The van der Waals surface area contributed by atoms with E-state index >= 15 is 0 Å². The summed E-state index contributed by atoms with van der Waals surface area (Å²) in [6.45, 7) is 1.05. The van der Waals surface area contributed by atoms with E-state index in [9.17, 15) is 4.79 Å². The minimum absolute atomic E-state index is 0.163. The molecule has 0 bridgehead atoms. The standard InChI is InChI=1S/C18H14N2O3S/c21-17-15(24-18(20-17)19-13-6-2-1-3-7-13)11-12-5-4-8-14-16(12)23-10-9-22-14/h1-8,11H,9-10H2,(H,19,20,21)/b15-11+. The monoisotopic (exact) mass is 338 g/mol. The Morgan fingerprint density at radius 3 is 2.75 bits per heavy atom. The Bertz CT molecular complexity index is 847. The van der Waals surface area contributed by atoms with Crippen molar-refractivity contribution in [3.8, 4) is 11.5 Å². The highest BCUT2D eigenvalue weighted by atomic mass is 32.2. The fourth-order valence-corrected chi connectivity index (χ4v) is 3.28. The smallest absolute Gasteiger partial charge is 0.264 e. The van der Waals surface area contributed by atoms with Crippen molar-refractivity contribution >= 4 is 34.6 Å². The lowest BCUT2D eigenvalue weighted by Gasteiger charge is -2.19. The number of amides is 1. The zero-order valence-electron chi connectivity index (χ0n) is 12.7. The van der Waals surface area contributed by atoms with Gasteiger partial charge in [-0.3, -0.25) is 4.79 Å². The molecule has 120 valence electrons. The normalized spacial score (nSPS) is 19.6. The average Bonchev–Trinajstić information content (AvgIpc) is 2.95. The van der Waals surface area contributed by atoms with Crippen LogP contribution in [0.4, 0.5) is 5.69 Å². The fourth-order valence-electron chi connectivity index (χ4n) is 2.45. The molecule has 6 heteroatoms. The van der Waals surface area contributed by atoms with Crippen molar-refractivity contribution in [1.82, 2.24) is 5.32 Å². The van der Waals surface area contributed by atoms with E-state index in [0.717, 1.165) is 11.3 Å². The summed E-state index contributed by atoms with van der Waals surface area (Å²) in [5.41, 5.74) is 1.63. The minimum atomic E-state index is -0.163. The molecule has 2 aliphatic heterocycles. The molecular weight excluding hydrogens is 324 g/mol. The second-order valence-corrected chi connectivity index (χ2v) is 6.22. The molecule has 1 saturated heterocycles. The highest BCUT2D eigenvalue weighted by Gasteiger charge is 2.25. The van der Waals surface area contributed by atoms with Crippen molar-refractivity contribution in [1.29, 1.82) is 0 Å². The Morgan fingerprint density at radius 1 is 1.04 bits per heavy atom. The number of carbonyl (C=O) groups is 1. The van der Waals surface area contributed by atoms with Gasteiger partial charge in [0.25, 0.3) is 5.91 Å². The van der Waals surface area contributed by atoms with E-state index in [-0.39, 0.29) is 5.91 Å².